The summed E-state index contributed by atoms with van der Waals surface area (Å²) in [6.07, 6.45) is 0. The summed E-state index contributed by atoms with van der Waals surface area (Å²) in [7, 11) is 0. The average Bonchev–Trinajstić information content (AvgIpc) is 2.68. The van der Waals surface area contributed by atoms with Crippen molar-refractivity contribution >= 4 is 28.3 Å². The number of benzene rings is 3. The fourth-order valence-corrected chi connectivity index (χ4v) is 2.80. The van der Waals surface area contributed by atoms with Crippen LogP contribution in [0.5, 0.6) is 5.75 Å². The van der Waals surface area contributed by atoms with Gasteiger partial charge in [-0.25, -0.2) is 8.78 Å². The largest absolute Gasteiger partial charge is 0.483 e. The molecule has 5 nitrogen and oxygen atoms in total. The second-order valence-electron chi connectivity index (χ2n) is 6.79. The Kier molecular flexibility index (Phi) is 6.07. The van der Waals surface area contributed by atoms with Crippen molar-refractivity contribution in [1.29, 1.82) is 0 Å². The van der Waals surface area contributed by atoms with Crippen molar-refractivity contribution in [2.45, 2.75) is 19.9 Å². The summed E-state index contributed by atoms with van der Waals surface area (Å²) in [4.78, 5) is 24.7. The van der Waals surface area contributed by atoms with E-state index < -0.39 is 17.5 Å². The number of hydrogen-bond donors (Lipinski definition) is 2. The normalized spacial score (nSPS) is 10.8. The molecule has 2 amide bonds. The van der Waals surface area contributed by atoms with E-state index in [0.29, 0.717) is 0 Å². The highest BCUT2D eigenvalue weighted by molar-refractivity contribution is 6.08. The Bertz CT molecular complexity index is 1070. The number of hydrogen-bond acceptors (Lipinski definition) is 3. The molecule has 0 aliphatic carbocycles. The molecule has 0 atom stereocenters. The van der Waals surface area contributed by atoms with Crippen LogP contribution in [0, 0.1) is 11.6 Å². The zero-order valence-corrected chi connectivity index (χ0v) is 16.0. The first-order chi connectivity index (χ1) is 13.8. The van der Waals surface area contributed by atoms with Crippen molar-refractivity contribution in [3.8, 4) is 5.75 Å². The van der Waals surface area contributed by atoms with E-state index >= 15 is 0 Å². The van der Waals surface area contributed by atoms with E-state index in [2.05, 4.69) is 10.6 Å². The quantitative estimate of drug-likeness (QED) is 0.652. The summed E-state index contributed by atoms with van der Waals surface area (Å²) < 4.78 is 32.2. The third kappa shape index (κ3) is 5.07. The zero-order valence-electron chi connectivity index (χ0n) is 16.0. The summed E-state index contributed by atoms with van der Waals surface area (Å²) >= 11 is 0. The highest BCUT2D eigenvalue weighted by Gasteiger charge is 2.17. The van der Waals surface area contributed by atoms with Gasteiger partial charge >= 0.3 is 0 Å². The molecule has 0 spiro atoms. The Balaban J connectivity index is 1.90. The van der Waals surface area contributed by atoms with Crippen LogP contribution in [0.15, 0.2) is 54.6 Å². The van der Waals surface area contributed by atoms with Gasteiger partial charge in [-0.05, 0) is 48.9 Å². The molecule has 150 valence electrons. The van der Waals surface area contributed by atoms with E-state index in [1.807, 2.05) is 38.1 Å². The third-order valence-electron chi connectivity index (χ3n) is 4.08. The minimum Gasteiger partial charge on any atom is -0.483 e. The number of halogens is 2. The van der Waals surface area contributed by atoms with Crippen molar-refractivity contribution in [2.24, 2.45) is 0 Å². The van der Waals surface area contributed by atoms with Crippen molar-refractivity contribution in [3.63, 3.8) is 0 Å². The summed E-state index contributed by atoms with van der Waals surface area (Å²) in [6.45, 7) is 3.39. The van der Waals surface area contributed by atoms with Crippen LogP contribution in [0.2, 0.25) is 0 Å². The average molecular weight is 398 g/mol. The monoisotopic (exact) mass is 398 g/mol. The fourth-order valence-electron chi connectivity index (χ4n) is 2.80. The zero-order chi connectivity index (χ0) is 21.0. The number of carbonyl (C=O) groups is 2. The van der Waals surface area contributed by atoms with Gasteiger partial charge in [-0.2, -0.15) is 0 Å². The Morgan fingerprint density at radius 2 is 1.66 bits per heavy atom. The smallest absolute Gasteiger partial charge is 0.259 e. The molecule has 29 heavy (non-hydrogen) atoms. The summed E-state index contributed by atoms with van der Waals surface area (Å²) in [5.74, 6) is -2.75. The molecule has 0 radical (unpaired) electrons. The SMILES string of the molecule is CC(C)NC(=O)COc1cc2ccccc2cc1C(=O)Nc1ccc(F)c(F)c1. The van der Waals surface area contributed by atoms with Crippen LogP contribution >= 0.6 is 0 Å². The number of rotatable bonds is 6. The van der Waals surface area contributed by atoms with Gasteiger partial charge < -0.3 is 15.4 Å². The van der Waals surface area contributed by atoms with E-state index in [0.717, 1.165) is 22.9 Å². The molecular formula is C22H20F2N2O3. The molecule has 3 aromatic rings. The summed E-state index contributed by atoms with van der Waals surface area (Å²) in [5, 5.41) is 6.86. The van der Waals surface area contributed by atoms with Crippen LogP contribution in [0.25, 0.3) is 10.8 Å². The van der Waals surface area contributed by atoms with Gasteiger partial charge in [0.15, 0.2) is 18.2 Å². The van der Waals surface area contributed by atoms with Crippen molar-refractivity contribution in [3.05, 3.63) is 71.8 Å². The van der Waals surface area contributed by atoms with Crippen molar-refractivity contribution in [1.82, 2.24) is 5.32 Å². The fraction of sp³-hybridized carbons (Fsp3) is 0.182. The molecule has 0 bridgehead atoms. The number of amides is 2. The Labute approximate surface area is 166 Å². The predicted molar refractivity (Wildman–Crippen MR) is 107 cm³/mol. The third-order valence-corrected chi connectivity index (χ3v) is 4.08. The van der Waals surface area contributed by atoms with Crippen molar-refractivity contribution in [2.75, 3.05) is 11.9 Å². The van der Waals surface area contributed by atoms with Crippen LogP contribution in [0.4, 0.5) is 14.5 Å². The Morgan fingerprint density at radius 1 is 0.966 bits per heavy atom. The molecule has 0 saturated heterocycles. The maximum absolute atomic E-state index is 13.4. The highest BCUT2D eigenvalue weighted by atomic mass is 19.2. The van der Waals surface area contributed by atoms with Crippen LogP contribution in [-0.4, -0.2) is 24.5 Å². The van der Waals surface area contributed by atoms with Crippen molar-refractivity contribution < 1.29 is 23.1 Å². The molecular weight excluding hydrogens is 378 g/mol. The maximum Gasteiger partial charge on any atom is 0.259 e. The maximum atomic E-state index is 13.4. The molecule has 0 aromatic heterocycles. The second-order valence-corrected chi connectivity index (χ2v) is 6.79. The minimum atomic E-state index is -1.07. The number of anilines is 1. The first-order valence-corrected chi connectivity index (χ1v) is 9.05. The van der Waals surface area contributed by atoms with Gasteiger partial charge in [0.2, 0.25) is 0 Å². The molecule has 3 aromatic carbocycles. The second kappa shape index (κ2) is 8.68. The van der Waals surface area contributed by atoms with Gasteiger partial charge in [-0.3, -0.25) is 9.59 Å². The van der Waals surface area contributed by atoms with Crippen LogP contribution in [0.3, 0.4) is 0 Å². The van der Waals surface area contributed by atoms with Gasteiger partial charge in [0.25, 0.3) is 11.8 Å². The molecule has 2 N–H and O–H groups in total. The number of carbonyl (C=O) groups excluding carboxylic acids is 2. The lowest BCUT2D eigenvalue weighted by molar-refractivity contribution is -0.123. The van der Waals surface area contributed by atoms with Gasteiger partial charge in [0, 0.05) is 17.8 Å². The topological polar surface area (TPSA) is 67.4 Å². The first kappa shape index (κ1) is 20.3. The molecule has 0 aliphatic rings. The van der Waals surface area contributed by atoms with E-state index in [1.165, 1.54) is 6.07 Å². The van der Waals surface area contributed by atoms with Gasteiger partial charge in [0.1, 0.15) is 5.75 Å². The molecule has 0 fully saturated rings. The molecule has 3 rings (SSSR count). The standard InChI is InChI=1S/C22H20F2N2O3/c1-13(2)25-21(27)12-29-20-10-15-6-4-3-5-14(15)9-17(20)22(28)26-16-7-8-18(23)19(24)11-16/h3-11,13H,12H2,1-2H3,(H,25,27)(H,26,28). The number of ether oxygens (including phenoxy) is 1. The first-order valence-electron chi connectivity index (χ1n) is 9.05. The van der Waals surface area contributed by atoms with E-state index in [-0.39, 0.29) is 35.6 Å². The summed E-state index contributed by atoms with van der Waals surface area (Å²) in [6, 6.07) is 13.7. The molecule has 0 unspecified atom stereocenters. The lowest BCUT2D eigenvalue weighted by Gasteiger charge is -2.14. The minimum absolute atomic E-state index is 0.0427. The van der Waals surface area contributed by atoms with Gasteiger partial charge in [-0.15, -0.1) is 0 Å². The van der Waals surface area contributed by atoms with Crippen LogP contribution in [-0.2, 0) is 4.79 Å². The molecule has 0 saturated carbocycles. The summed E-state index contributed by atoms with van der Waals surface area (Å²) in [5.41, 5.74) is 0.274. The van der Waals surface area contributed by atoms with Crippen LogP contribution in [0.1, 0.15) is 24.2 Å². The molecule has 0 heterocycles. The highest BCUT2D eigenvalue weighted by Crippen LogP contribution is 2.27. The van der Waals surface area contributed by atoms with E-state index in [9.17, 15) is 18.4 Å². The van der Waals surface area contributed by atoms with Gasteiger partial charge in [-0.1, -0.05) is 24.3 Å². The Hall–Kier alpha value is -3.48. The lowest BCUT2D eigenvalue weighted by Crippen LogP contribution is -2.34. The number of fused-ring (bicyclic) bond motifs is 1. The van der Waals surface area contributed by atoms with Gasteiger partial charge in [0.05, 0.1) is 5.56 Å². The number of nitrogens with one attached hydrogen (secondary N) is 2. The Morgan fingerprint density at radius 3 is 2.31 bits per heavy atom. The van der Waals surface area contributed by atoms with E-state index in [4.69, 9.17) is 4.74 Å². The molecule has 0 aliphatic heterocycles. The predicted octanol–water partition coefficient (Wildman–Crippen LogP) is 4.27. The lowest BCUT2D eigenvalue weighted by atomic mass is 10.1. The van der Waals surface area contributed by atoms with Crippen LogP contribution < -0.4 is 15.4 Å². The molecule has 7 heteroatoms. The van der Waals surface area contributed by atoms with E-state index in [1.54, 1.807) is 12.1 Å².